The van der Waals surface area contributed by atoms with Gasteiger partial charge in [0.2, 0.25) is 0 Å². The van der Waals surface area contributed by atoms with Crippen molar-refractivity contribution >= 4 is 21.0 Å². The second kappa shape index (κ2) is 7.26. The van der Waals surface area contributed by atoms with Gasteiger partial charge in [0, 0.05) is 23.0 Å². The van der Waals surface area contributed by atoms with Gasteiger partial charge in [-0.05, 0) is 30.2 Å². The predicted octanol–water partition coefficient (Wildman–Crippen LogP) is 5.17. The largest absolute Gasteiger partial charge is 0.339 e. The first-order valence-corrected chi connectivity index (χ1v) is 10.7. The zero-order chi connectivity index (χ0) is 19.7. The maximum atomic E-state index is 11.5. The minimum absolute atomic E-state index is 0.176. The number of benzene rings is 3. The van der Waals surface area contributed by atoms with Crippen molar-refractivity contribution in [3.05, 3.63) is 84.4 Å². The van der Waals surface area contributed by atoms with Crippen LogP contribution in [0, 0.1) is 6.92 Å². The van der Waals surface area contributed by atoms with Crippen LogP contribution in [0.2, 0.25) is 0 Å². The maximum Gasteiger partial charge on any atom is 0.266 e. The summed E-state index contributed by atoms with van der Waals surface area (Å²) in [6.45, 7) is 2.22. The summed E-state index contributed by atoms with van der Waals surface area (Å²) < 4.78 is 34.3. The van der Waals surface area contributed by atoms with Gasteiger partial charge in [-0.3, -0.25) is 4.55 Å². The van der Waals surface area contributed by atoms with E-state index >= 15 is 0 Å². The first-order chi connectivity index (χ1) is 13.4. The second-order valence-corrected chi connectivity index (χ2v) is 8.49. The van der Waals surface area contributed by atoms with Gasteiger partial charge >= 0.3 is 0 Å². The molecule has 5 heteroatoms. The molecule has 0 aliphatic carbocycles. The number of nitrogens with zero attached hydrogens (tertiary/aromatic N) is 1. The number of hydrogen-bond donors (Lipinski definition) is 1. The molecule has 0 fully saturated rings. The van der Waals surface area contributed by atoms with E-state index in [1.165, 1.54) is 0 Å². The molecule has 0 aliphatic rings. The Morgan fingerprint density at radius 2 is 1.46 bits per heavy atom. The van der Waals surface area contributed by atoms with E-state index in [0.29, 0.717) is 0 Å². The van der Waals surface area contributed by atoms with Crippen molar-refractivity contribution in [1.29, 1.82) is 0 Å². The van der Waals surface area contributed by atoms with Gasteiger partial charge in [0.25, 0.3) is 10.1 Å². The van der Waals surface area contributed by atoms with Crippen molar-refractivity contribution in [3.63, 3.8) is 0 Å². The summed E-state index contributed by atoms with van der Waals surface area (Å²) in [6.07, 6.45) is 0. The highest BCUT2D eigenvalue weighted by Crippen LogP contribution is 2.41. The maximum absolute atomic E-state index is 11.5. The molecule has 1 heterocycles. The van der Waals surface area contributed by atoms with Crippen molar-refractivity contribution in [2.45, 2.75) is 13.5 Å². The van der Waals surface area contributed by atoms with Gasteiger partial charge in [-0.15, -0.1) is 0 Å². The van der Waals surface area contributed by atoms with Crippen molar-refractivity contribution < 1.29 is 13.0 Å². The van der Waals surface area contributed by atoms with Gasteiger partial charge in [-0.1, -0.05) is 72.3 Å². The molecule has 0 spiro atoms. The Bertz CT molecular complexity index is 1230. The highest BCUT2D eigenvalue weighted by molar-refractivity contribution is 7.85. The monoisotopic (exact) mass is 391 g/mol. The molecule has 0 saturated carbocycles. The van der Waals surface area contributed by atoms with Crippen LogP contribution in [-0.2, 0) is 16.7 Å². The summed E-state index contributed by atoms with van der Waals surface area (Å²) in [5.74, 6) is -0.335. The van der Waals surface area contributed by atoms with Crippen LogP contribution in [0.15, 0.2) is 78.9 Å². The topological polar surface area (TPSA) is 59.3 Å². The Morgan fingerprint density at radius 3 is 2.07 bits per heavy atom. The first-order valence-electron chi connectivity index (χ1n) is 9.13. The van der Waals surface area contributed by atoms with E-state index in [1.807, 2.05) is 72.2 Å². The lowest BCUT2D eigenvalue weighted by atomic mass is 9.98. The molecule has 0 atom stereocenters. The Kier molecular flexibility index (Phi) is 4.79. The highest BCUT2D eigenvalue weighted by Gasteiger charge is 2.21. The molecule has 28 heavy (non-hydrogen) atoms. The van der Waals surface area contributed by atoms with Crippen LogP contribution in [0.1, 0.15) is 5.56 Å². The fraction of sp³-hybridized carbons (Fsp3) is 0.130. The fourth-order valence-corrected chi connectivity index (χ4v) is 4.11. The lowest BCUT2D eigenvalue weighted by molar-refractivity contribution is 0.479. The van der Waals surface area contributed by atoms with Crippen LogP contribution in [-0.4, -0.2) is 23.3 Å². The molecule has 4 nitrogen and oxygen atoms in total. The molecule has 142 valence electrons. The number of hydrogen-bond acceptors (Lipinski definition) is 2. The molecule has 0 bridgehead atoms. The predicted molar refractivity (Wildman–Crippen MR) is 114 cm³/mol. The average Bonchev–Trinajstić information content (AvgIpc) is 3.00. The molecular weight excluding hydrogens is 370 g/mol. The third-order valence-electron chi connectivity index (χ3n) is 4.90. The van der Waals surface area contributed by atoms with Crippen molar-refractivity contribution in [2.75, 3.05) is 5.75 Å². The van der Waals surface area contributed by atoms with Crippen LogP contribution >= 0.6 is 0 Å². The van der Waals surface area contributed by atoms with Crippen molar-refractivity contribution in [1.82, 2.24) is 4.57 Å². The molecule has 0 amide bonds. The van der Waals surface area contributed by atoms with E-state index in [9.17, 15) is 13.0 Å². The Labute approximate surface area is 164 Å². The second-order valence-electron chi connectivity index (χ2n) is 6.91. The van der Waals surface area contributed by atoms with Crippen LogP contribution in [0.5, 0.6) is 0 Å². The number of aromatic nitrogens is 1. The number of aryl methyl sites for hydroxylation is 2. The summed E-state index contributed by atoms with van der Waals surface area (Å²) in [6, 6.07) is 26.2. The van der Waals surface area contributed by atoms with Gasteiger partial charge in [-0.25, -0.2) is 0 Å². The van der Waals surface area contributed by atoms with Gasteiger partial charge in [0.05, 0.1) is 11.4 Å². The summed E-state index contributed by atoms with van der Waals surface area (Å²) in [5, 5.41) is 1.07. The smallest absolute Gasteiger partial charge is 0.266 e. The first kappa shape index (κ1) is 18.5. The molecule has 4 aromatic rings. The molecule has 3 aromatic carbocycles. The summed E-state index contributed by atoms with van der Waals surface area (Å²) in [4.78, 5) is 0. The number of rotatable bonds is 5. The molecule has 0 unspecified atom stereocenters. The van der Waals surface area contributed by atoms with Crippen LogP contribution < -0.4 is 0 Å². The molecular formula is C23H21NO3S. The standard InChI is InChI=1S/C23H21NO3S/c1-17-12-13-21-20(16-17)22(18-8-4-2-5-9-18)23(19-10-6-3-7-11-19)24(21)14-15-28(25,26)27/h2-13,16H,14-15H2,1H3,(H,25,26,27). The van der Waals surface area contributed by atoms with E-state index in [2.05, 4.69) is 18.2 Å². The minimum Gasteiger partial charge on any atom is -0.339 e. The fourth-order valence-electron chi connectivity index (χ4n) is 3.70. The van der Waals surface area contributed by atoms with Gasteiger partial charge in [-0.2, -0.15) is 8.42 Å². The zero-order valence-corrected chi connectivity index (χ0v) is 16.4. The molecule has 0 saturated heterocycles. The quantitative estimate of drug-likeness (QED) is 0.477. The van der Waals surface area contributed by atoms with E-state index < -0.39 is 10.1 Å². The van der Waals surface area contributed by atoms with Gasteiger partial charge in [0.15, 0.2) is 0 Å². The normalized spacial score (nSPS) is 11.8. The van der Waals surface area contributed by atoms with Crippen LogP contribution in [0.4, 0.5) is 0 Å². The third kappa shape index (κ3) is 3.59. The zero-order valence-electron chi connectivity index (χ0n) is 15.5. The van der Waals surface area contributed by atoms with Crippen molar-refractivity contribution in [3.8, 4) is 22.4 Å². The van der Waals surface area contributed by atoms with E-state index in [0.717, 1.165) is 38.9 Å². The van der Waals surface area contributed by atoms with Gasteiger partial charge < -0.3 is 4.57 Å². The number of fused-ring (bicyclic) bond motifs is 1. The Hall–Kier alpha value is -2.89. The van der Waals surface area contributed by atoms with Gasteiger partial charge in [0.1, 0.15) is 0 Å². The average molecular weight is 391 g/mol. The molecule has 0 radical (unpaired) electrons. The van der Waals surface area contributed by atoms with E-state index in [-0.39, 0.29) is 12.3 Å². The van der Waals surface area contributed by atoms with E-state index in [4.69, 9.17) is 0 Å². The van der Waals surface area contributed by atoms with Crippen LogP contribution in [0.3, 0.4) is 0 Å². The SMILES string of the molecule is Cc1ccc2c(c1)c(-c1ccccc1)c(-c1ccccc1)n2CCS(=O)(=O)O. The Balaban J connectivity index is 2.08. The summed E-state index contributed by atoms with van der Waals surface area (Å²) >= 11 is 0. The Morgan fingerprint density at radius 1 is 0.857 bits per heavy atom. The lowest BCUT2D eigenvalue weighted by Gasteiger charge is -2.12. The molecule has 4 rings (SSSR count). The van der Waals surface area contributed by atoms with Crippen molar-refractivity contribution in [2.24, 2.45) is 0 Å². The summed E-state index contributed by atoms with van der Waals surface area (Å²) in [5.41, 5.74) is 6.19. The molecule has 1 aromatic heterocycles. The van der Waals surface area contributed by atoms with Crippen LogP contribution in [0.25, 0.3) is 33.3 Å². The summed E-state index contributed by atoms with van der Waals surface area (Å²) in [7, 11) is -4.07. The molecule has 1 N–H and O–H groups in total. The molecule has 0 aliphatic heterocycles. The van der Waals surface area contributed by atoms with E-state index in [1.54, 1.807) is 0 Å². The lowest BCUT2D eigenvalue weighted by Crippen LogP contribution is -2.12. The third-order valence-corrected chi connectivity index (χ3v) is 5.60. The minimum atomic E-state index is -4.07. The highest BCUT2D eigenvalue weighted by atomic mass is 32.2.